The minimum atomic E-state index is -0.267. The summed E-state index contributed by atoms with van der Waals surface area (Å²) in [5.41, 5.74) is 0.433. The first kappa shape index (κ1) is 24.2. The fourth-order valence-electron chi connectivity index (χ4n) is 2.83. The Bertz CT molecular complexity index is 685. The third-order valence-corrected chi connectivity index (χ3v) is 4.24. The lowest BCUT2D eigenvalue weighted by molar-refractivity contribution is -0.136. The minimum absolute atomic E-state index is 0.0178. The van der Waals surface area contributed by atoms with Crippen molar-refractivity contribution in [3.63, 3.8) is 0 Å². The molecule has 0 saturated heterocycles. The van der Waals surface area contributed by atoms with Gasteiger partial charge in [-0.1, -0.05) is 48.5 Å². The number of hydrogen-bond donors (Lipinski definition) is 1. The van der Waals surface area contributed by atoms with Crippen LogP contribution < -0.4 is 5.32 Å². The van der Waals surface area contributed by atoms with Crippen molar-refractivity contribution in [1.82, 2.24) is 14.7 Å². The van der Waals surface area contributed by atoms with E-state index in [-0.39, 0.29) is 34.7 Å². The van der Waals surface area contributed by atoms with Gasteiger partial charge in [0.1, 0.15) is 5.82 Å². The van der Waals surface area contributed by atoms with Gasteiger partial charge in [-0.05, 0) is 32.6 Å². The molecule has 2 amide bonds. The predicted molar refractivity (Wildman–Crippen MR) is 115 cm³/mol. The Morgan fingerprint density at radius 3 is 2.07 bits per heavy atom. The van der Waals surface area contributed by atoms with E-state index in [0.29, 0.717) is 18.8 Å². The van der Waals surface area contributed by atoms with Crippen molar-refractivity contribution in [3.8, 4) is 0 Å². The van der Waals surface area contributed by atoms with Crippen LogP contribution in [-0.2, 0) is 20.5 Å². The van der Waals surface area contributed by atoms with Crippen LogP contribution in [0.15, 0.2) is 6.07 Å². The zero-order valence-corrected chi connectivity index (χ0v) is 19.6. The molecule has 0 saturated carbocycles. The van der Waals surface area contributed by atoms with E-state index in [1.165, 1.54) is 0 Å². The smallest absolute Gasteiger partial charge is 0.245 e. The lowest BCUT2D eigenvalue weighted by Gasteiger charge is -2.26. The Kier molecular flexibility index (Phi) is 7.48. The predicted octanol–water partition coefficient (Wildman–Crippen LogP) is 4.55. The van der Waals surface area contributed by atoms with E-state index in [4.69, 9.17) is 5.10 Å². The van der Waals surface area contributed by atoms with Crippen molar-refractivity contribution in [2.75, 3.05) is 18.4 Å². The van der Waals surface area contributed by atoms with Crippen LogP contribution >= 0.6 is 0 Å². The van der Waals surface area contributed by atoms with Gasteiger partial charge in [-0.3, -0.25) is 9.59 Å². The molecule has 160 valence electrons. The highest BCUT2D eigenvalue weighted by molar-refractivity contribution is 5.94. The van der Waals surface area contributed by atoms with Gasteiger partial charge < -0.3 is 10.2 Å². The highest BCUT2D eigenvalue weighted by atomic mass is 16.2. The van der Waals surface area contributed by atoms with Crippen molar-refractivity contribution < 1.29 is 9.59 Å². The number of carbonyl (C=O) groups is 2. The lowest BCUT2D eigenvalue weighted by atomic mass is 9.91. The molecule has 0 aliphatic rings. The van der Waals surface area contributed by atoms with Crippen molar-refractivity contribution in [3.05, 3.63) is 11.8 Å². The van der Waals surface area contributed by atoms with Gasteiger partial charge in [0.2, 0.25) is 11.8 Å². The highest BCUT2D eigenvalue weighted by Gasteiger charge is 2.27. The largest absolute Gasteiger partial charge is 0.333 e. The van der Waals surface area contributed by atoms with Gasteiger partial charge in [-0.25, -0.2) is 4.68 Å². The molecule has 1 aromatic heterocycles. The normalized spacial score (nSPS) is 12.8. The summed E-state index contributed by atoms with van der Waals surface area (Å²) in [4.78, 5) is 27.0. The Morgan fingerprint density at radius 1 is 1.07 bits per heavy atom. The molecule has 1 aromatic rings. The van der Waals surface area contributed by atoms with Crippen LogP contribution in [0.3, 0.4) is 0 Å². The molecule has 0 spiro atoms. The highest BCUT2D eigenvalue weighted by Crippen LogP contribution is 2.28. The first-order valence-corrected chi connectivity index (χ1v) is 10.2. The molecule has 6 nitrogen and oxygen atoms in total. The Labute approximate surface area is 171 Å². The van der Waals surface area contributed by atoms with Crippen LogP contribution in [0.1, 0.15) is 87.8 Å². The zero-order chi connectivity index (χ0) is 21.9. The summed E-state index contributed by atoms with van der Waals surface area (Å²) in [7, 11) is 0. The van der Waals surface area contributed by atoms with Gasteiger partial charge in [-0.15, -0.1) is 0 Å². The number of aromatic nitrogens is 2. The summed E-state index contributed by atoms with van der Waals surface area (Å²) in [6.07, 6.45) is 1.24. The molecule has 0 radical (unpaired) electrons. The summed E-state index contributed by atoms with van der Waals surface area (Å²) in [6, 6.07) is 1.93. The number of nitrogens with zero attached hydrogens (tertiary/aromatic N) is 3. The first-order valence-electron chi connectivity index (χ1n) is 10.2. The topological polar surface area (TPSA) is 67.2 Å². The molecule has 0 aliphatic carbocycles. The molecule has 0 aliphatic heterocycles. The molecular weight excluding hydrogens is 352 g/mol. The van der Waals surface area contributed by atoms with E-state index >= 15 is 0 Å². The van der Waals surface area contributed by atoms with Crippen LogP contribution in [-0.4, -0.2) is 39.6 Å². The number of rotatable bonds is 6. The SMILES string of the molecule is CCCN(CC(=O)Nc1cc(C(C)(C)C)nn1C(C)(C)C)C(=O)CC(C)(C)C. The van der Waals surface area contributed by atoms with E-state index in [1.54, 1.807) is 4.90 Å². The minimum Gasteiger partial charge on any atom is -0.333 e. The maximum Gasteiger partial charge on any atom is 0.245 e. The summed E-state index contributed by atoms with van der Waals surface area (Å²) in [5.74, 6) is 0.493. The lowest BCUT2D eigenvalue weighted by Crippen LogP contribution is -2.40. The maximum atomic E-state index is 12.8. The average molecular weight is 393 g/mol. The Hall–Kier alpha value is -1.85. The van der Waals surface area contributed by atoms with E-state index in [2.05, 4.69) is 46.9 Å². The van der Waals surface area contributed by atoms with E-state index in [9.17, 15) is 9.59 Å². The van der Waals surface area contributed by atoms with Crippen LogP contribution in [0.5, 0.6) is 0 Å². The number of amides is 2. The average Bonchev–Trinajstić information content (AvgIpc) is 2.88. The Balaban J connectivity index is 3.02. The van der Waals surface area contributed by atoms with Gasteiger partial charge in [0.05, 0.1) is 17.8 Å². The third-order valence-electron chi connectivity index (χ3n) is 4.24. The second-order valence-corrected chi connectivity index (χ2v) is 10.8. The number of nitrogens with one attached hydrogen (secondary N) is 1. The van der Waals surface area contributed by atoms with Crippen LogP contribution in [0, 0.1) is 5.41 Å². The van der Waals surface area contributed by atoms with Crippen molar-refractivity contribution >= 4 is 17.6 Å². The fourth-order valence-corrected chi connectivity index (χ4v) is 2.83. The molecule has 1 heterocycles. The zero-order valence-electron chi connectivity index (χ0n) is 19.6. The first-order chi connectivity index (χ1) is 12.5. The van der Waals surface area contributed by atoms with Crippen molar-refractivity contribution in [1.29, 1.82) is 0 Å². The van der Waals surface area contributed by atoms with Gasteiger partial charge in [0.25, 0.3) is 0 Å². The third kappa shape index (κ3) is 7.28. The van der Waals surface area contributed by atoms with Gasteiger partial charge in [0.15, 0.2) is 0 Å². The number of anilines is 1. The van der Waals surface area contributed by atoms with Crippen LogP contribution in [0.4, 0.5) is 5.82 Å². The maximum absolute atomic E-state index is 12.8. The Morgan fingerprint density at radius 2 is 1.64 bits per heavy atom. The monoisotopic (exact) mass is 392 g/mol. The molecule has 0 fully saturated rings. The molecule has 1 N–H and O–H groups in total. The molecule has 6 heteroatoms. The summed E-state index contributed by atoms with van der Waals surface area (Å²) < 4.78 is 1.85. The number of carbonyl (C=O) groups excluding carboxylic acids is 2. The van der Waals surface area contributed by atoms with E-state index < -0.39 is 0 Å². The summed E-state index contributed by atoms with van der Waals surface area (Å²) in [5, 5.41) is 7.71. The second-order valence-electron chi connectivity index (χ2n) is 10.8. The second kappa shape index (κ2) is 8.66. The van der Waals surface area contributed by atoms with E-state index in [1.807, 2.05) is 38.4 Å². The molecular formula is C22H40N4O2. The molecule has 28 heavy (non-hydrogen) atoms. The van der Waals surface area contributed by atoms with Crippen LogP contribution in [0.25, 0.3) is 0 Å². The van der Waals surface area contributed by atoms with Crippen LogP contribution in [0.2, 0.25) is 0 Å². The van der Waals surface area contributed by atoms with E-state index in [0.717, 1.165) is 12.1 Å². The van der Waals surface area contributed by atoms with Gasteiger partial charge in [-0.2, -0.15) is 5.10 Å². The molecule has 0 aromatic carbocycles. The molecule has 0 bridgehead atoms. The summed E-state index contributed by atoms with van der Waals surface area (Å²) >= 11 is 0. The standard InChI is InChI=1S/C22H40N4O2/c1-11-12-25(19(28)14-20(2,3)4)15-18(27)23-17-13-16(21(5,6)7)24-26(17)22(8,9)10/h13H,11-12,14-15H2,1-10H3,(H,23,27). The van der Waals surface area contributed by atoms with Crippen molar-refractivity contribution in [2.24, 2.45) is 5.41 Å². The molecule has 0 atom stereocenters. The van der Waals surface area contributed by atoms with Gasteiger partial charge >= 0.3 is 0 Å². The molecule has 0 unspecified atom stereocenters. The quantitative estimate of drug-likeness (QED) is 0.772. The van der Waals surface area contributed by atoms with Gasteiger partial charge in [0, 0.05) is 24.4 Å². The number of hydrogen-bond acceptors (Lipinski definition) is 3. The fraction of sp³-hybridized carbons (Fsp3) is 0.773. The molecule has 1 rings (SSSR count). The van der Waals surface area contributed by atoms with Crippen molar-refractivity contribution in [2.45, 2.75) is 93.0 Å². The summed E-state index contributed by atoms with van der Waals surface area (Å²) in [6.45, 7) is 21.2.